The summed E-state index contributed by atoms with van der Waals surface area (Å²) >= 11 is 5.58. The number of hydrogen-bond donors (Lipinski definition) is 1. The molecule has 0 saturated heterocycles. The summed E-state index contributed by atoms with van der Waals surface area (Å²) < 4.78 is 17.4. The predicted octanol–water partition coefficient (Wildman–Crippen LogP) is 1.69. The fourth-order valence-corrected chi connectivity index (χ4v) is 1.14. The summed E-state index contributed by atoms with van der Waals surface area (Å²) in [6, 6.07) is 3.58. The number of hydrogen-bond acceptors (Lipinski definition) is 3. The van der Waals surface area contributed by atoms with Crippen LogP contribution in [0.4, 0.5) is 4.39 Å². The van der Waals surface area contributed by atoms with E-state index >= 15 is 0 Å². The van der Waals surface area contributed by atoms with Crippen molar-refractivity contribution in [3.63, 3.8) is 0 Å². The highest BCUT2D eigenvalue weighted by Crippen LogP contribution is 2.21. The third-order valence-corrected chi connectivity index (χ3v) is 1.91. The lowest BCUT2D eigenvalue weighted by Crippen LogP contribution is -2.14. The van der Waals surface area contributed by atoms with Crippen molar-refractivity contribution in [1.82, 2.24) is 0 Å². The third kappa shape index (κ3) is 2.21. The summed E-state index contributed by atoms with van der Waals surface area (Å²) in [5, 5.41) is 9.56. The van der Waals surface area contributed by atoms with Gasteiger partial charge in [-0.25, -0.2) is 9.18 Å². The Morgan fingerprint density at radius 3 is 2.86 bits per heavy atom. The summed E-state index contributed by atoms with van der Waals surface area (Å²) in [7, 11) is 1.11. The molecule has 0 heterocycles. The zero-order valence-electron chi connectivity index (χ0n) is 7.33. The van der Waals surface area contributed by atoms with E-state index in [0.29, 0.717) is 0 Å². The summed E-state index contributed by atoms with van der Waals surface area (Å²) in [5.74, 6) is -1.63. The lowest BCUT2D eigenvalue weighted by molar-refractivity contribution is -0.150. The van der Waals surface area contributed by atoms with E-state index in [4.69, 9.17) is 11.6 Å². The van der Waals surface area contributed by atoms with Gasteiger partial charge in [-0.15, -0.1) is 0 Å². The molecular formula is C9H8ClFO3. The molecule has 1 aromatic carbocycles. The Balaban J connectivity index is 3.05. The van der Waals surface area contributed by atoms with Crippen molar-refractivity contribution >= 4 is 17.6 Å². The van der Waals surface area contributed by atoms with Crippen LogP contribution in [0.3, 0.4) is 0 Å². The van der Waals surface area contributed by atoms with Crippen LogP contribution in [-0.4, -0.2) is 18.2 Å². The molecule has 0 fully saturated rings. The van der Waals surface area contributed by atoms with Crippen LogP contribution >= 0.6 is 11.6 Å². The molecule has 0 bridgehead atoms. The van der Waals surface area contributed by atoms with Crippen LogP contribution in [0.2, 0.25) is 5.02 Å². The molecule has 1 rings (SSSR count). The minimum absolute atomic E-state index is 0.190. The van der Waals surface area contributed by atoms with Gasteiger partial charge in [-0.2, -0.15) is 0 Å². The second kappa shape index (κ2) is 4.39. The zero-order chi connectivity index (χ0) is 10.7. The van der Waals surface area contributed by atoms with Crippen LogP contribution in [0.25, 0.3) is 0 Å². The topological polar surface area (TPSA) is 46.5 Å². The van der Waals surface area contributed by atoms with Crippen LogP contribution in [0, 0.1) is 5.82 Å². The van der Waals surface area contributed by atoms with E-state index in [1.54, 1.807) is 0 Å². The maximum atomic E-state index is 13.1. The predicted molar refractivity (Wildman–Crippen MR) is 48.4 cm³/mol. The molecule has 1 atom stereocenters. The molecule has 14 heavy (non-hydrogen) atoms. The summed E-state index contributed by atoms with van der Waals surface area (Å²) in [6.45, 7) is 0. The van der Waals surface area contributed by atoms with Gasteiger partial charge in [0.1, 0.15) is 5.82 Å². The first-order chi connectivity index (χ1) is 6.56. The van der Waals surface area contributed by atoms with Crippen LogP contribution in [-0.2, 0) is 9.53 Å². The number of benzene rings is 1. The lowest BCUT2D eigenvalue weighted by Gasteiger charge is -2.09. The molecule has 0 spiro atoms. The van der Waals surface area contributed by atoms with Crippen molar-refractivity contribution in [2.24, 2.45) is 0 Å². The fourth-order valence-electron chi connectivity index (χ4n) is 0.963. The number of esters is 1. The Morgan fingerprint density at radius 2 is 2.29 bits per heavy atom. The smallest absolute Gasteiger partial charge is 0.339 e. The maximum absolute atomic E-state index is 13.1. The van der Waals surface area contributed by atoms with Gasteiger partial charge >= 0.3 is 5.97 Å². The standard InChI is InChI=1S/C9H8ClFO3/c1-14-9(13)8(12)6-4-5(10)2-3-7(6)11/h2-4,8,12H,1H3. The Kier molecular flexibility index (Phi) is 3.43. The first kappa shape index (κ1) is 10.9. The molecule has 76 valence electrons. The number of halogens is 2. The fraction of sp³-hybridized carbons (Fsp3) is 0.222. The van der Waals surface area contributed by atoms with Gasteiger partial charge in [0.05, 0.1) is 7.11 Å². The van der Waals surface area contributed by atoms with E-state index in [0.717, 1.165) is 13.2 Å². The minimum atomic E-state index is -1.64. The normalized spacial score (nSPS) is 12.3. The number of methoxy groups -OCH3 is 1. The van der Waals surface area contributed by atoms with Gasteiger partial charge in [0, 0.05) is 10.6 Å². The van der Waals surface area contributed by atoms with Crippen molar-refractivity contribution in [1.29, 1.82) is 0 Å². The molecule has 1 N–H and O–H groups in total. The molecule has 0 radical (unpaired) electrons. The Hall–Kier alpha value is -1.13. The molecule has 1 aromatic rings. The van der Waals surface area contributed by atoms with Crippen molar-refractivity contribution < 1.29 is 19.0 Å². The van der Waals surface area contributed by atoms with Crippen LogP contribution < -0.4 is 0 Å². The highest BCUT2D eigenvalue weighted by Gasteiger charge is 2.21. The van der Waals surface area contributed by atoms with Gasteiger partial charge in [0.25, 0.3) is 0 Å². The molecule has 0 saturated carbocycles. The van der Waals surface area contributed by atoms with E-state index in [9.17, 15) is 14.3 Å². The van der Waals surface area contributed by atoms with E-state index < -0.39 is 17.9 Å². The van der Waals surface area contributed by atoms with Crippen LogP contribution in [0.1, 0.15) is 11.7 Å². The van der Waals surface area contributed by atoms with E-state index in [1.165, 1.54) is 12.1 Å². The second-order valence-corrected chi connectivity index (χ2v) is 3.03. The summed E-state index contributed by atoms with van der Waals surface area (Å²) in [4.78, 5) is 10.9. The molecule has 5 heteroatoms. The molecule has 0 aliphatic rings. The van der Waals surface area contributed by atoms with Crippen LogP contribution in [0.5, 0.6) is 0 Å². The number of rotatable bonds is 2. The number of aliphatic hydroxyl groups excluding tert-OH is 1. The first-order valence-electron chi connectivity index (χ1n) is 3.77. The summed E-state index contributed by atoms with van der Waals surface area (Å²) in [5.41, 5.74) is -0.190. The molecule has 0 aliphatic heterocycles. The van der Waals surface area contributed by atoms with Gasteiger partial charge in [-0.05, 0) is 18.2 Å². The molecule has 0 amide bonds. The SMILES string of the molecule is COC(=O)C(O)c1cc(Cl)ccc1F. The largest absolute Gasteiger partial charge is 0.467 e. The molecule has 0 aromatic heterocycles. The zero-order valence-corrected chi connectivity index (χ0v) is 8.08. The van der Waals surface area contributed by atoms with Crippen molar-refractivity contribution in [3.05, 3.63) is 34.6 Å². The van der Waals surface area contributed by atoms with Crippen molar-refractivity contribution in [2.75, 3.05) is 7.11 Å². The number of aliphatic hydroxyl groups is 1. The second-order valence-electron chi connectivity index (χ2n) is 2.59. The van der Waals surface area contributed by atoms with Gasteiger partial charge in [-0.1, -0.05) is 11.6 Å². The maximum Gasteiger partial charge on any atom is 0.339 e. The molecular weight excluding hydrogens is 211 g/mol. The average molecular weight is 219 g/mol. The highest BCUT2D eigenvalue weighted by molar-refractivity contribution is 6.30. The summed E-state index contributed by atoms with van der Waals surface area (Å²) in [6.07, 6.45) is -1.64. The Morgan fingerprint density at radius 1 is 1.64 bits per heavy atom. The minimum Gasteiger partial charge on any atom is -0.467 e. The monoisotopic (exact) mass is 218 g/mol. The first-order valence-corrected chi connectivity index (χ1v) is 4.15. The van der Waals surface area contributed by atoms with Gasteiger partial charge in [0.2, 0.25) is 0 Å². The Bertz CT molecular complexity index is 354. The van der Waals surface area contributed by atoms with Crippen molar-refractivity contribution in [3.8, 4) is 0 Å². The van der Waals surface area contributed by atoms with Crippen molar-refractivity contribution in [2.45, 2.75) is 6.10 Å². The Labute approximate surface area is 85.1 Å². The van der Waals surface area contributed by atoms with E-state index in [-0.39, 0.29) is 10.6 Å². The van der Waals surface area contributed by atoms with Gasteiger partial charge < -0.3 is 9.84 Å². The average Bonchev–Trinajstić information content (AvgIpc) is 2.19. The molecule has 0 aliphatic carbocycles. The highest BCUT2D eigenvalue weighted by atomic mass is 35.5. The van der Waals surface area contributed by atoms with Crippen LogP contribution in [0.15, 0.2) is 18.2 Å². The van der Waals surface area contributed by atoms with Gasteiger partial charge in [-0.3, -0.25) is 0 Å². The molecule has 3 nitrogen and oxygen atoms in total. The third-order valence-electron chi connectivity index (χ3n) is 1.68. The quantitative estimate of drug-likeness (QED) is 0.769. The number of carbonyl (C=O) groups excluding carboxylic acids is 1. The molecule has 1 unspecified atom stereocenters. The van der Waals surface area contributed by atoms with E-state index in [2.05, 4.69) is 4.74 Å². The lowest BCUT2D eigenvalue weighted by atomic mass is 10.1. The van der Waals surface area contributed by atoms with Gasteiger partial charge in [0.15, 0.2) is 6.10 Å². The number of ether oxygens (including phenoxy) is 1. The number of carbonyl (C=O) groups is 1. The van der Waals surface area contributed by atoms with E-state index in [1.807, 2.05) is 0 Å².